The second-order valence-electron chi connectivity index (χ2n) is 4.22. The molecule has 0 heterocycles. The van der Waals surface area contributed by atoms with Gasteiger partial charge in [-0.2, -0.15) is 5.26 Å². The minimum Gasteiger partial charge on any atom is -0.363 e. The lowest BCUT2D eigenvalue weighted by molar-refractivity contribution is 0.855. The van der Waals surface area contributed by atoms with E-state index in [1.165, 1.54) is 0 Å². The number of hydrogen-bond acceptors (Lipinski definition) is 2. The van der Waals surface area contributed by atoms with Crippen LogP contribution >= 0.6 is 12.2 Å². The van der Waals surface area contributed by atoms with E-state index in [2.05, 4.69) is 34.9 Å². The fourth-order valence-corrected chi connectivity index (χ4v) is 2.10. The van der Waals surface area contributed by atoms with Crippen molar-refractivity contribution in [3.63, 3.8) is 0 Å². The molecule has 0 aliphatic heterocycles. The Hall–Kier alpha value is -2.12. The lowest BCUT2D eigenvalue weighted by atomic mass is 10.0. The molecule has 19 heavy (non-hydrogen) atoms. The first-order valence-corrected chi connectivity index (χ1v) is 6.58. The van der Waals surface area contributed by atoms with E-state index >= 15 is 0 Å². The maximum Gasteiger partial charge on any atom is 0.166 e. The van der Waals surface area contributed by atoms with Crippen molar-refractivity contribution in [2.24, 2.45) is 0 Å². The Kier molecular flexibility index (Phi) is 4.32. The summed E-state index contributed by atoms with van der Waals surface area (Å²) in [7, 11) is 0. The Morgan fingerprint density at radius 3 is 2.68 bits per heavy atom. The topological polar surface area (TPSA) is 47.8 Å². The van der Waals surface area contributed by atoms with Crippen LogP contribution in [0, 0.1) is 11.3 Å². The van der Waals surface area contributed by atoms with Crippen molar-refractivity contribution < 1.29 is 0 Å². The molecule has 3 nitrogen and oxygen atoms in total. The number of nitrogens with one attached hydrogen (secondary N) is 2. The third kappa shape index (κ3) is 3.43. The fraction of sp³-hybridized carbons (Fsp3) is 0.200. The quantitative estimate of drug-likeness (QED) is 0.841. The van der Waals surface area contributed by atoms with Gasteiger partial charge in [0.15, 0.2) is 5.11 Å². The lowest BCUT2D eigenvalue weighted by Crippen LogP contribution is -2.34. The van der Waals surface area contributed by atoms with Crippen molar-refractivity contribution in [1.29, 1.82) is 5.26 Å². The van der Waals surface area contributed by atoms with Gasteiger partial charge in [-0.05, 0) is 53.7 Å². The summed E-state index contributed by atoms with van der Waals surface area (Å²) in [5.74, 6) is 0. The van der Waals surface area contributed by atoms with Crippen LogP contribution in [0.3, 0.4) is 0 Å². The zero-order chi connectivity index (χ0) is 13.7. The van der Waals surface area contributed by atoms with Crippen molar-refractivity contribution in [3.8, 4) is 6.07 Å². The van der Waals surface area contributed by atoms with Gasteiger partial charge < -0.3 is 10.6 Å². The van der Waals surface area contributed by atoms with Crippen LogP contribution in [-0.4, -0.2) is 11.7 Å². The van der Waals surface area contributed by atoms with E-state index in [1.807, 2.05) is 25.1 Å². The SMILES string of the molecule is CCNC(=S)NCc1ccc2ccc(C#N)cc2c1. The van der Waals surface area contributed by atoms with Gasteiger partial charge in [0.25, 0.3) is 0 Å². The molecule has 0 radical (unpaired) electrons. The first-order valence-electron chi connectivity index (χ1n) is 6.17. The molecule has 0 amide bonds. The fourth-order valence-electron chi connectivity index (χ4n) is 1.88. The van der Waals surface area contributed by atoms with Crippen LogP contribution in [0.25, 0.3) is 10.8 Å². The van der Waals surface area contributed by atoms with Gasteiger partial charge in [0.05, 0.1) is 11.6 Å². The maximum absolute atomic E-state index is 8.91. The summed E-state index contributed by atoms with van der Waals surface area (Å²) >= 11 is 5.12. The molecule has 0 aliphatic carbocycles. The molecular weight excluding hydrogens is 254 g/mol. The summed E-state index contributed by atoms with van der Waals surface area (Å²) < 4.78 is 0. The highest BCUT2D eigenvalue weighted by Gasteiger charge is 1.99. The molecule has 0 aliphatic rings. The van der Waals surface area contributed by atoms with Gasteiger partial charge in [0.1, 0.15) is 0 Å². The average Bonchev–Trinajstić information content (AvgIpc) is 2.44. The highest BCUT2D eigenvalue weighted by molar-refractivity contribution is 7.80. The van der Waals surface area contributed by atoms with Crippen molar-refractivity contribution >= 4 is 28.1 Å². The first kappa shape index (κ1) is 13.3. The number of hydrogen-bond donors (Lipinski definition) is 2. The van der Waals surface area contributed by atoms with E-state index in [4.69, 9.17) is 17.5 Å². The van der Waals surface area contributed by atoms with Crippen LogP contribution in [0.4, 0.5) is 0 Å². The standard InChI is InChI=1S/C15H15N3S/c1-2-17-15(19)18-10-12-4-6-13-5-3-11(9-16)7-14(13)8-12/h3-8H,2,10H2,1H3,(H2,17,18,19). The Morgan fingerprint density at radius 1 is 1.16 bits per heavy atom. The molecule has 0 saturated heterocycles. The summed E-state index contributed by atoms with van der Waals surface area (Å²) in [6.45, 7) is 3.50. The molecule has 2 aromatic rings. The van der Waals surface area contributed by atoms with Crippen LogP contribution in [0.5, 0.6) is 0 Å². The Morgan fingerprint density at radius 2 is 1.95 bits per heavy atom. The Labute approximate surface area is 118 Å². The van der Waals surface area contributed by atoms with E-state index in [0.717, 1.165) is 22.9 Å². The Balaban J connectivity index is 2.16. The zero-order valence-electron chi connectivity index (χ0n) is 10.7. The monoisotopic (exact) mass is 269 g/mol. The summed E-state index contributed by atoms with van der Waals surface area (Å²) in [4.78, 5) is 0. The van der Waals surface area contributed by atoms with Gasteiger partial charge in [-0.25, -0.2) is 0 Å². The minimum absolute atomic E-state index is 0.661. The molecule has 0 atom stereocenters. The van der Waals surface area contributed by atoms with Gasteiger partial charge in [0.2, 0.25) is 0 Å². The normalized spacial score (nSPS) is 9.89. The van der Waals surface area contributed by atoms with E-state index in [-0.39, 0.29) is 0 Å². The van der Waals surface area contributed by atoms with E-state index in [0.29, 0.717) is 17.2 Å². The zero-order valence-corrected chi connectivity index (χ0v) is 11.6. The van der Waals surface area contributed by atoms with Gasteiger partial charge in [-0.1, -0.05) is 18.2 Å². The largest absolute Gasteiger partial charge is 0.363 e. The number of benzene rings is 2. The molecule has 2 N–H and O–H groups in total. The molecule has 0 spiro atoms. The van der Waals surface area contributed by atoms with Crippen LogP contribution < -0.4 is 10.6 Å². The van der Waals surface area contributed by atoms with Gasteiger partial charge >= 0.3 is 0 Å². The van der Waals surface area contributed by atoms with Gasteiger partial charge in [-0.15, -0.1) is 0 Å². The third-order valence-corrected chi connectivity index (χ3v) is 3.11. The molecule has 0 bridgehead atoms. The molecule has 0 unspecified atom stereocenters. The Bertz CT molecular complexity index is 643. The van der Waals surface area contributed by atoms with E-state index in [1.54, 1.807) is 0 Å². The predicted molar refractivity (Wildman–Crippen MR) is 81.8 cm³/mol. The maximum atomic E-state index is 8.91. The van der Waals surface area contributed by atoms with Crippen LogP contribution in [0.2, 0.25) is 0 Å². The van der Waals surface area contributed by atoms with Crippen molar-refractivity contribution in [1.82, 2.24) is 10.6 Å². The predicted octanol–water partition coefficient (Wildman–Crippen LogP) is 2.70. The third-order valence-electron chi connectivity index (χ3n) is 2.82. The second-order valence-corrected chi connectivity index (χ2v) is 4.63. The molecule has 0 fully saturated rings. The second kappa shape index (κ2) is 6.17. The number of nitrogens with zero attached hydrogens (tertiary/aromatic N) is 1. The molecule has 0 aromatic heterocycles. The number of thiocarbonyl (C=S) groups is 1. The molecule has 96 valence electrons. The van der Waals surface area contributed by atoms with Crippen LogP contribution in [0.1, 0.15) is 18.1 Å². The smallest absolute Gasteiger partial charge is 0.166 e. The summed E-state index contributed by atoms with van der Waals surface area (Å²) in [5.41, 5.74) is 1.82. The van der Waals surface area contributed by atoms with Crippen molar-refractivity contribution in [2.75, 3.05) is 6.54 Å². The van der Waals surface area contributed by atoms with Gasteiger partial charge in [-0.3, -0.25) is 0 Å². The average molecular weight is 269 g/mol. The van der Waals surface area contributed by atoms with E-state index < -0.39 is 0 Å². The first-order chi connectivity index (χ1) is 9.22. The van der Waals surface area contributed by atoms with Crippen LogP contribution in [0.15, 0.2) is 36.4 Å². The highest BCUT2D eigenvalue weighted by Crippen LogP contribution is 2.17. The molecule has 2 rings (SSSR count). The van der Waals surface area contributed by atoms with Crippen LogP contribution in [-0.2, 0) is 6.54 Å². The summed E-state index contributed by atoms with van der Waals surface area (Å²) in [6, 6.07) is 14.1. The van der Waals surface area contributed by atoms with Crippen molar-refractivity contribution in [3.05, 3.63) is 47.5 Å². The molecule has 2 aromatic carbocycles. The number of nitriles is 1. The van der Waals surface area contributed by atoms with Crippen molar-refractivity contribution in [2.45, 2.75) is 13.5 Å². The molecule has 0 saturated carbocycles. The molecule has 4 heteroatoms. The number of fused-ring (bicyclic) bond motifs is 1. The number of rotatable bonds is 3. The summed E-state index contributed by atoms with van der Waals surface area (Å²) in [5, 5.41) is 18.0. The van der Waals surface area contributed by atoms with E-state index in [9.17, 15) is 0 Å². The molecular formula is C15H15N3S. The van der Waals surface area contributed by atoms with Gasteiger partial charge in [0, 0.05) is 13.1 Å². The highest BCUT2D eigenvalue weighted by atomic mass is 32.1. The lowest BCUT2D eigenvalue weighted by Gasteiger charge is -2.09. The summed E-state index contributed by atoms with van der Waals surface area (Å²) in [6.07, 6.45) is 0. The minimum atomic E-state index is 0.661.